The Kier molecular flexibility index (Phi) is 3.87. The van der Waals surface area contributed by atoms with Gasteiger partial charge in [0.1, 0.15) is 0 Å². The summed E-state index contributed by atoms with van der Waals surface area (Å²) in [6.45, 7) is 3.25. The van der Waals surface area contributed by atoms with Crippen molar-refractivity contribution >= 4 is 6.03 Å². The van der Waals surface area contributed by atoms with Crippen LogP contribution in [0.15, 0.2) is 18.5 Å². The van der Waals surface area contributed by atoms with E-state index in [1.54, 1.807) is 12.4 Å². The highest BCUT2D eigenvalue weighted by Crippen LogP contribution is 2.38. The molecule has 108 valence electrons. The maximum Gasteiger partial charge on any atom is 0.315 e. The molecule has 0 aromatic carbocycles. The Morgan fingerprint density at radius 3 is 3.00 bits per heavy atom. The number of rotatable bonds is 4. The van der Waals surface area contributed by atoms with Crippen LogP contribution in [0, 0.1) is 12.8 Å². The number of nitrogens with zero attached hydrogens (tertiary/aromatic N) is 1. The standard InChI is InChI=1S/C15H21N3O2/c1-10-6-11(8-16-7-10)9-17-15(19)18-13-4-5-20-14(13)12-2-3-12/h6-8,12-14H,2-5,9H2,1H3,(H2,17,18,19). The summed E-state index contributed by atoms with van der Waals surface area (Å²) in [4.78, 5) is 16.1. The molecule has 1 saturated heterocycles. The summed E-state index contributed by atoms with van der Waals surface area (Å²) in [6.07, 6.45) is 7.19. The van der Waals surface area contributed by atoms with Crippen LogP contribution in [0.2, 0.25) is 0 Å². The predicted molar refractivity (Wildman–Crippen MR) is 75.2 cm³/mol. The van der Waals surface area contributed by atoms with Gasteiger partial charge in [0.2, 0.25) is 0 Å². The van der Waals surface area contributed by atoms with Crippen LogP contribution in [0.1, 0.15) is 30.4 Å². The first-order valence-electron chi connectivity index (χ1n) is 7.29. The summed E-state index contributed by atoms with van der Waals surface area (Å²) < 4.78 is 5.72. The SMILES string of the molecule is Cc1cncc(CNC(=O)NC2CCOC2C2CC2)c1. The second-order valence-corrected chi connectivity index (χ2v) is 5.77. The molecule has 2 N–H and O–H groups in total. The quantitative estimate of drug-likeness (QED) is 0.880. The maximum atomic E-state index is 11.9. The highest BCUT2D eigenvalue weighted by atomic mass is 16.5. The first kappa shape index (κ1) is 13.4. The average Bonchev–Trinajstić information content (AvgIpc) is 3.17. The van der Waals surface area contributed by atoms with Crippen LogP contribution in [-0.2, 0) is 11.3 Å². The lowest BCUT2D eigenvalue weighted by atomic mass is 10.1. The number of aryl methyl sites for hydroxylation is 1. The van der Waals surface area contributed by atoms with Crippen molar-refractivity contribution in [2.24, 2.45) is 5.92 Å². The molecular weight excluding hydrogens is 254 g/mol. The van der Waals surface area contributed by atoms with Gasteiger partial charge in [-0.3, -0.25) is 4.98 Å². The normalized spacial score (nSPS) is 25.4. The Balaban J connectivity index is 1.47. The van der Waals surface area contributed by atoms with E-state index < -0.39 is 0 Å². The number of nitrogens with one attached hydrogen (secondary N) is 2. The molecule has 0 bridgehead atoms. The van der Waals surface area contributed by atoms with Crippen LogP contribution in [0.3, 0.4) is 0 Å². The zero-order chi connectivity index (χ0) is 13.9. The topological polar surface area (TPSA) is 63.2 Å². The Morgan fingerprint density at radius 1 is 1.40 bits per heavy atom. The number of hydrogen-bond acceptors (Lipinski definition) is 3. The molecule has 5 nitrogen and oxygen atoms in total. The highest BCUT2D eigenvalue weighted by molar-refractivity contribution is 5.74. The van der Waals surface area contributed by atoms with Crippen molar-refractivity contribution in [2.75, 3.05) is 6.61 Å². The molecule has 5 heteroatoms. The highest BCUT2D eigenvalue weighted by Gasteiger charge is 2.41. The molecule has 3 rings (SSSR count). The number of ether oxygens (including phenoxy) is 1. The first-order chi connectivity index (χ1) is 9.72. The smallest absolute Gasteiger partial charge is 0.315 e. The number of amides is 2. The summed E-state index contributed by atoms with van der Waals surface area (Å²) in [5.41, 5.74) is 2.12. The van der Waals surface area contributed by atoms with E-state index >= 15 is 0 Å². The van der Waals surface area contributed by atoms with Crippen LogP contribution in [0.25, 0.3) is 0 Å². The molecule has 2 heterocycles. The summed E-state index contributed by atoms with van der Waals surface area (Å²) in [5.74, 6) is 0.656. The molecule has 20 heavy (non-hydrogen) atoms. The summed E-state index contributed by atoms with van der Waals surface area (Å²) in [5, 5.41) is 5.93. The molecule has 2 aliphatic rings. The van der Waals surface area contributed by atoms with Crippen molar-refractivity contribution in [3.63, 3.8) is 0 Å². The number of pyridine rings is 1. The fourth-order valence-corrected chi connectivity index (χ4v) is 2.77. The van der Waals surface area contributed by atoms with Crippen LogP contribution in [-0.4, -0.2) is 29.8 Å². The van der Waals surface area contributed by atoms with Gasteiger partial charge in [0.25, 0.3) is 0 Å². The van der Waals surface area contributed by atoms with Gasteiger partial charge >= 0.3 is 6.03 Å². The Hall–Kier alpha value is -1.62. The number of hydrogen-bond donors (Lipinski definition) is 2. The summed E-state index contributed by atoms with van der Waals surface area (Å²) in [6, 6.07) is 2.07. The van der Waals surface area contributed by atoms with Gasteiger partial charge < -0.3 is 15.4 Å². The molecule has 1 aliphatic carbocycles. The van der Waals surface area contributed by atoms with Crippen LogP contribution < -0.4 is 10.6 Å². The van der Waals surface area contributed by atoms with Crippen molar-refractivity contribution in [3.05, 3.63) is 29.6 Å². The van der Waals surface area contributed by atoms with Gasteiger partial charge in [-0.05, 0) is 43.2 Å². The van der Waals surface area contributed by atoms with E-state index in [-0.39, 0.29) is 18.2 Å². The molecule has 0 spiro atoms. The molecule has 0 radical (unpaired) electrons. The number of urea groups is 1. The van der Waals surface area contributed by atoms with Crippen molar-refractivity contribution in [1.82, 2.24) is 15.6 Å². The first-order valence-corrected chi connectivity index (χ1v) is 7.29. The Labute approximate surface area is 119 Å². The molecule has 1 saturated carbocycles. The lowest BCUT2D eigenvalue weighted by Crippen LogP contribution is -2.46. The second-order valence-electron chi connectivity index (χ2n) is 5.77. The minimum absolute atomic E-state index is 0.118. The average molecular weight is 275 g/mol. The van der Waals surface area contributed by atoms with Gasteiger partial charge in [0, 0.05) is 25.5 Å². The lowest BCUT2D eigenvalue weighted by molar-refractivity contribution is 0.0825. The maximum absolute atomic E-state index is 11.9. The van der Waals surface area contributed by atoms with Crippen molar-refractivity contribution in [3.8, 4) is 0 Å². The van der Waals surface area contributed by atoms with E-state index in [4.69, 9.17) is 4.74 Å². The van der Waals surface area contributed by atoms with E-state index in [0.29, 0.717) is 12.5 Å². The number of carbonyl (C=O) groups is 1. The third kappa shape index (κ3) is 3.28. The molecule has 2 fully saturated rings. The number of carbonyl (C=O) groups excluding carboxylic acids is 1. The van der Waals surface area contributed by atoms with Gasteiger partial charge in [-0.1, -0.05) is 6.07 Å². The van der Waals surface area contributed by atoms with Crippen molar-refractivity contribution < 1.29 is 9.53 Å². The second kappa shape index (κ2) is 5.79. The fraction of sp³-hybridized carbons (Fsp3) is 0.600. The monoisotopic (exact) mass is 275 g/mol. The van der Waals surface area contributed by atoms with Gasteiger partial charge in [-0.15, -0.1) is 0 Å². The van der Waals surface area contributed by atoms with E-state index in [1.165, 1.54) is 12.8 Å². The fourth-order valence-electron chi connectivity index (χ4n) is 2.77. The van der Waals surface area contributed by atoms with E-state index in [2.05, 4.69) is 15.6 Å². The molecule has 2 atom stereocenters. The third-order valence-electron chi connectivity index (χ3n) is 3.92. The minimum Gasteiger partial charge on any atom is -0.376 e. The van der Waals surface area contributed by atoms with Gasteiger partial charge in [0.05, 0.1) is 12.1 Å². The largest absolute Gasteiger partial charge is 0.376 e. The zero-order valence-corrected chi connectivity index (χ0v) is 11.8. The third-order valence-corrected chi connectivity index (χ3v) is 3.92. The molecular formula is C15H21N3O2. The number of aromatic nitrogens is 1. The van der Waals surface area contributed by atoms with E-state index in [9.17, 15) is 4.79 Å². The predicted octanol–water partition coefficient (Wildman–Crippen LogP) is 1.76. The van der Waals surface area contributed by atoms with Gasteiger partial charge in [0.15, 0.2) is 0 Å². The molecule has 2 unspecified atom stereocenters. The van der Waals surface area contributed by atoms with Gasteiger partial charge in [-0.2, -0.15) is 0 Å². The molecule has 1 aromatic heterocycles. The molecule has 1 aromatic rings. The van der Waals surface area contributed by atoms with Crippen molar-refractivity contribution in [2.45, 2.75) is 44.9 Å². The van der Waals surface area contributed by atoms with Crippen molar-refractivity contribution in [1.29, 1.82) is 0 Å². The van der Waals surface area contributed by atoms with Gasteiger partial charge in [-0.25, -0.2) is 4.79 Å². The zero-order valence-electron chi connectivity index (χ0n) is 11.8. The minimum atomic E-state index is -0.118. The van der Waals surface area contributed by atoms with E-state index in [0.717, 1.165) is 24.2 Å². The van der Waals surface area contributed by atoms with Crippen LogP contribution >= 0.6 is 0 Å². The van der Waals surface area contributed by atoms with Crippen LogP contribution in [0.4, 0.5) is 4.79 Å². The molecule has 1 aliphatic heterocycles. The Morgan fingerprint density at radius 2 is 2.25 bits per heavy atom. The summed E-state index contributed by atoms with van der Waals surface area (Å²) in [7, 11) is 0. The molecule has 2 amide bonds. The Bertz CT molecular complexity index is 488. The van der Waals surface area contributed by atoms with Crippen LogP contribution in [0.5, 0.6) is 0 Å². The van der Waals surface area contributed by atoms with E-state index in [1.807, 2.05) is 13.0 Å². The lowest BCUT2D eigenvalue weighted by Gasteiger charge is -2.19. The summed E-state index contributed by atoms with van der Waals surface area (Å²) >= 11 is 0.